The van der Waals surface area contributed by atoms with Crippen LogP contribution in [0.3, 0.4) is 0 Å². The first-order valence-electron chi connectivity index (χ1n) is 6.11. The molecule has 0 aliphatic carbocycles. The number of halogens is 2. The molecule has 0 spiro atoms. The largest absolute Gasteiger partial charge is 0.315 e. The molecule has 19 heavy (non-hydrogen) atoms. The van der Waals surface area contributed by atoms with E-state index in [2.05, 4.69) is 10.0 Å². The molecular formula is C12H16Cl2N2O2S. The summed E-state index contributed by atoms with van der Waals surface area (Å²) in [4.78, 5) is 0. The van der Waals surface area contributed by atoms with Gasteiger partial charge in [-0.3, -0.25) is 0 Å². The van der Waals surface area contributed by atoms with Gasteiger partial charge in [-0.15, -0.1) is 0 Å². The molecule has 106 valence electrons. The van der Waals surface area contributed by atoms with Gasteiger partial charge in [-0.05, 0) is 31.5 Å². The number of piperidine rings is 1. The van der Waals surface area contributed by atoms with Crippen LogP contribution in [-0.4, -0.2) is 27.5 Å². The van der Waals surface area contributed by atoms with E-state index >= 15 is 0 Å². The van der Waals surface area contributed by atoms with Gasteiger partial charge in [0.25, 0.3) is 0 Å². The molecule has 0 unspecified atom stereocenters. The van der Waals surface area contributed by atoms with Crippen molar-refractivity contribution in [3.63, 3.8) is 0 Å². The summed E-state index contributed by atoms with van der Waals surface area (Å²) in [6.07, 6.45) is 1.82. The van der Waals surface area contributed by atoms with Gasteiger partial charge >= 0.3 is 0 Å². The molecule has 7 heteroatoms. The molecule has 1 aliphatic heterocycles. The number of hydrogen-bond donors (Lipinski definition) is 2. The van der Waals surface area contributed by atoms with Crippen molar-refractivity contribution in [2.75, 3.05) is 13.1 Å². The van der Waals surface area contributed by atoms with E-state index in [1.165, 1.54) is 0 Å². The molecule has 2 N–H and O–H groups in total. The Morgan fingerprint density at radius 2 is 2.00 bits per heavy atom. The Bertz CT molecular complexity index is 522. The van der Waals surface area contributed by atoms with Crippen LogP contribution < -0.4 is 10.0 Å². The van der Waals surface area contributed by atoms with E-state index in [0.29, 0.717) is 22.2 Å². The van der Waals surface area contributed by atoms with E-state index in [4.69, 9.17) is 23.2 Å². The molecule has 2 rings (SSSR count). The number of benzene rings is 1. The van der Waals surface area contributed by atoms with Crippen molar-refractivity contribution >= 4 is 33.2 Å². The average molecular weight is 323 g/mol. The third kappa shape index (κ3) is 4.33. The maximum Gasteiger partial charge on any atom is 0.216 e. The lowest BCUT2D eigenvalue weighted by atomic mass is 10.1. The quantitative estimate of drug-likeness (QED) is 0.893. The zero-order chi connectivity index (χ0) is 13.9. The Morgan fingerprint density at radius 3 is 2.58 bits per heavy atom. The molecule has 0 amide bonds. The normalized spacial score (nSPS) is 20.4. The highest BCUT2D eigenvalue weighted by atomic mass is 35.5. The van der Waals surface area contributed by atoms with Gasteiger partial charge in [0, 0.05) is 28.2 Å². The minimum atomic E-state index is -3.44. The van der Waals surface area contributed by atoms with Gasteiger partial charge in [-0.2, -0.15) is 0 Å². The minimum Gasteiger partial charge on any atom is -0.315 e. The summed E-state index contributed by atoms with van der Waals surface area (Å²) in [5, 5.41) is 3.91. The Balaban J connectivity index is 2.08. The highest BCUT2D eigenvalue weighted by Gasteiger charge is 2.22. The third-order valence-electron chi connectivity index (χ3n) is 3.04. The number of sulfonamides is 1. The van der Waals surface area contributed by atoms with Gasteiger partial charge in [-0.25, -0.2) is 13.1 Å². The fourth-order valence-electron chi connectivity index (χ4n) is 2.11. The molecule has 1 saturated heterocycles. The van der Waals surface area contributed by atoms with Gasteiger partial charge in [0.05, 0.1) is 5.75 Å². The Hall–Kier alpha value is -0.330. The summed E-state index contributed by atoms with van der Waals surface area (Å²) >= 11 is 12.0. The van der Waals surface area contributed by atoms with Crippen LogP contribution in [0, 0.1) is 0 Å². The smallest absolute Gasteiger partial charge is 0.216 e. The number of nitrogens with one attached hydrogen (secondary N) is 2. The highest BCUT2D eigenvalue weighted by molar-refractivity contribution is 7.88. The van der Waals surface area contributed by atoms with E-state index < -0.39 is 10.0 Å². The highest BCUT2D eigenvalue weighted by Crippen LogP contribution is 2.26. The monoisotopic (exact) mass is 322 g/mol. The van der Waals surface area contributed by atoms with Crippen LogP contribution in [0.5, 0.6) is 0 Å². The molecule has 0 aromatic heterocycles. The van der Waals surface area contributed by atoms with Gasteiger partial charge in [0.15, 0.2) is 0 Å². The lowest BCUT2D eigenvalue weighted by Crippen LogP contribution is -2.45. The Morgan fingerprint density at radius 1 is 1.32 bits per heavy atom. The van der Waals surface area contributed by atoms with Crippen molar-refractivity contribution in [1.82, 2.24) is 10.0 Å². The molecule has 1 aromatic carbocycles. The summed E-state index contributed by atoms with van der Waals surface area (Å²) < 4.78 is 26.9. The van der Waals surface area contributed by atoms with Gasteiger partial charge in [0.2, 0.25) is 10.0 Å². The molecule has 0 bridgehead atoms. The summed E-state index contributed by atoms with van der Waals surface area (Å²) in [5.41, 5.74) is 0.446. The van der Waals surface area contributed by atoms with Gasteiger partial charge in [0.1, 0.15) is 0 Å². The molecule has 1 aliphatic rings. The topological polar surface area (TPSA) is 58.2 Å². The van der Waals surface area contributed by atoms with Crippen LogP contribution in [0.1, 0.15) is 18.4 Å². The van der Waals surface area contributed by atoms with Crippen LogP contribution in [0.15, 0.2) is 18.2 Å². The molecule has 0 saturated carbocycles. The second kappa shape index (κ2) is 6.41. The van der Waals surface area contributed by atoms with Crippen molar-refractivity contribution in [2.45, 2.75) is 24.6 Å². The SMILES string of the molecule is O=S(=O)(Cc1c(Cl)cccc1Cl)N[C@@H]1CCCNC1. The van der Waals surface area contributed by atoms with E-state index in [-0.39, 0.29) is 11.8 Å². The van der Waals surface area contributed by atoms with Crippen molar-refractivity contribution in [3.05, 3.63) is 33.8 Å². The molecule has 4 nitrogen and oxygen atoms in total. The maximum atomic E-state index is 12.1. The first-order valence-corrected chi connectivity index (χ1v) is 8.52. The predicted molar refractivity (Wildman–Crippen MR) is 78.1 cm³/mol. The first-order chi connectivity index (χ1) is 8.98. The molecule has 1 fully saturated rings. The number of hydrogen-bond acceptors (Lipinski definition) is 3. The lowest BCUT2D eigenvalue weighted by Gasteiger charge is -2.23. The lowest BCUT2D eigenvalue weighted by molar-refractivity contribution is 0.428. The molecule has 1 heterocycles. The van der Waals surface area contributed by atoms with E-state index in [1.807, 2.05) is 0 Å². The van der Waals surface area contributed by atoms with Gasteiger partial charge < -0.3 is 5.32 Å². The first kappa shape index (κ1) is 15.1. The summed E-state index contributed by atoms with van der Waals surface area (Å²) in [5.74, 6) is -0.192. The maximum absolute atomic E-state index is 12.1. The van der Waals surface area contributed by atoms with Crippen molar-refractivity contribution < 1.29 is 8.42 Å². The van der Waals surface area contributed by atoms with Gasteiger partial charge in [-0.1, -0.05) is 29.3 Å². The van der Waals surface area contributed by atoms with Crippen LogP contribution in [0.4, 0.5) is 0 Å². The van der Waals surface area contributed by atoms with Crippen LogP contribution in [-0.2, 0) is 15.8 Å². The second-order valence-electron chi connectivity index (χ2n) is 4.62. The zero-order valence-electron chi connectivity index (χ0n) is 10.3. The summed E-state index contributed by atoms with van der Waals surface area (Å²) in [6.45, 7) is 1.60. The van der Waals surface area contributed by atoms with E-state index in [0.717, 1.165) is 19.4 Å². The Kier molecular flexibility index (Phi) is 5.09. The van der Waals surface area contributed by atoms with E-state index in [1.54, 1.807) is 18.2 Å². The molecular weight excluding hydrogens is 307 g/mol. The summed E-state index contributed by atoms with van der Waals surface area (Å²) in [7, 11) is -3.44. The van der Waals surface area contributed by atoms with Crippen LogP contribution >= 0.6 is 23.2 Å². The third-order valence-corrected chi connectivity index (χ3v) is 5.11. The molecule has 0 radical (unpaired) electrons. The molecule has 1 aromatic rings. The van der Waals surface area contributed by atoms with Crippen molar-refractivity contribution in [2.24, 2.45) is 0 Å². The van der Waals surface area contributed by atoms with Crippen molar-refractivity contribution in [1.29, 1.82) is 0 Å². The predicted octanol–water partition coefficient (Wildman–Crippen LogP) is 2.16. The average Bonchev–Trinajstić information content (AvgIpc) is 2.35. The minimum absolute atomic E-state index is 0.0555. The molecule has 1 atom stereocenters. The fourth-order valence-corrected chi connectivity index (χ4v) is 4.28. The van der Waals surface area contributed by atoms with Crippen LogP contribution in [0.25, 0.3) is 0 Å². The van der Waals surface area contributed by atoms with E-state index in [9.17, 15) is 8.42 Å². The number of rotatable bonds is 4. The zero-order valence-corrected chi connectivity index (χ0v) is 12.7. The summed E-state index contributed by atoms with van der Waals surface area (Å²) in [6, 6.07) is 4.92. The fraction of sp³-hybridized carbons (Fsp3) is 0.500. The second-order valence-corrected chi connectivity index (χ2v) is 7.19. The van der Waals surface area contributed by atoms with Crippen LogP contribution in [0.2, 0.25) is 10.0 Å². The Labute approximate surface area is 123 Å². The standard InChI is InChI=1S/C12H16Cl2N2O2S/c13-11-4-1-5-12(14)10(11)8-19(17,18)16-9-3-2-6-15-7-9/h1,4-5,9,15-16H,2-3,6-8H2/t9-/m1/s1. The van der Waals surface area contributed by atoms with Crippen molar-refractivity contribution in [3.8, 4) is 0 Å².